The van der Waals surface area contributed by atoms with E-state index < -0.39 is 0 Å². The highest BCUT2D eigenvalue weighted by Gasteiger charge is 2.35. The maximum atomic E-state index is 6.26. The zero-order chi connectivity index (χ0) is 20.3. The number of nitrogens with zero attached hydrogens (tertiary/aromatic N) is 2. The van der Waals surface area contributed by atoms with Crippen LogP contribution < -0.4 is 4.74 Å². The van der Waals surface area contributed by atoms with Gasteiger partial charge in [0.1, 0.15) is 17.5 Å². The third-order valence-corrected chi connectivity index (χ3v) is 6.27. The van der Waals surface area contributed by atoms with E-state index in [1.165, 1.54) is 25.9 Å². The van der Waals surface area contributed by atoms with Gasteiger partial charge in [-0.1, -0.05) is 35.7 Å². The molecule has 0 amide bonds. The Kier molecular flexibility index (Phi) is 5.45. The van der Waals surface area contributed by atoms with Crippen LogP contribution in [0.3, 0.4) is 0 Å². The van der Waals surface area contributed by atoms with E-state index >= 15 is 0 Å². The van der Waals surface area contributed by atoms with Gasteiger partial charge in [0, 0.05) is 28.9 Å². The van der Waals surface area contributed by atoms with Crippen LogP contribution in [0.4, 0.5) is 0 Å². The quantitative estimate of drug-likeness (QED) is 0.545. The first-order valence-electron chi connectivity index (χ1n) is 10.5. The Morgan fingerprint density at radius 3 is 2.23 bits per heavy atom. The van der Waals surface area contributed by atoms with Crippen molar-refractivity contribution in [2.75, 3.05) is 19.6 Å². The molecule has 3 fully saturated rings. The number of benzene rings is 2. The summed E-state index contributed by atoms with van der Waals surface area (Å²) in [6, 6.07) is 19.8. The molecule has 6 rings (SSSR count). The van der Waals surface area contributed by atoms with Crippen LogP contribution >= 0.6 is 11.6 Å². The molecular weight excluding hydrogens is 392 g/mol. The molecule has 3 aromatic rings. The van der Waals surface area contributed by atoms with Crippen LogP contribution in [0.1, 0.15) is 24.1 Å². The average Bonchev–Trinajstić information content (AvgIpc) is 2.80. The number of hydrogen-bond donors (Lipinski definition) is 0. The molecule has 2 aromatic carbocycles. The van der Waals surface area contributed by atoms with E-state index in [2.05, 4.69) is 21.7 Å². The van der Waals surface area contributed by atoms with Crippen molar-refractivity contribution in [3.05, 3.63) is 83.1 Å². The fraction of sp³-hybridized carbons (Fsp3) is 0.269. The van der Waals surface area contributed by atoms with E-state index in [0.717, 1.165) is 39.7 Å². The summed E-state index contributed by atoms with van der Waals surface area (Å²) < 4.78 is 6.26. The minimum atomic E-state index is 0.327. The fourth-order valence-electron chi connectivity index (χ4n) is 4.25. The van der Waals surface area contributed by atoms with Crippen LogP contribution in [0.25, 0.3) is 11.1 Å². The van der Waals surface area contributed by atoms with Gasteiger partial charge in [-0.15, -0.1) is 0 Å². The van der Waals surface area contributed by atoms with E-state index in [9.17, 15) is 0 Å². The van der Waals surface area contributed by atoms with E-state index in [1.54, 1.807) is 0 Å². The van der Waals surface area contributed by atoms with Crippen LogP contribution in [-0.2, 0) is 0 Å². The van der Waals surface area contributed by atoms with Gasteiger partial charge in [-0.25, -0.2) is 4.98 Å². The van der Waals surface area contributed by atoms with Crippen LogP contribution in [0.5, 0.6) is 5.75 Å². The lowest BCUT2D eigenvalue weighted by Crippen LogP contribution is -2.52. The second-order valence-electron chi connectivity index (χ2n) is 8.01. The summed E-state index contributed by atoms with van der Waals surface area (Å²) in [5, 5.41) is 0.731. The molecule has 4 heteroatoms. The lowest BCUT2D eigenvalue weighted by molar-refractivity contribution is -0.00775. The Bertz CT molecular complexity index is 1060. The number of pyridine rings is 1. The van der Waals surface area contributed by atoms with Gasteiger partial charge in [-0.3, -0.25) is 4.90 Å². The highest BCUT2D eigenvalue weighted by molar-refractivity contribution is 6.30. The van der Waals surface area contributed by atoms with Gasteiger partial charge in [-0.2, -0.15) is 0 Å². The number of piperidine rings is 3. The van der Waals surface area contributed by atoms with Crippen molar-refractivity contribution >= 4 is 11.6 Å². The first-order valence-corrected chi connectivity index (χ1v) is 10.8. The Morgan fingerprint density at radius 1 is 0.867 bits per heavy atom. The number of rotatable bonds is 3. The normalized spacial score (nSPS) is 22.2. The lowest BCUT2D eigenvalue weighted by atomic mass is 9.86. The Labute approximate surface area is 182 Å². The summed E-state index contributed by atoms with van der Waals surface area (Å²) in [6.45, 7) is 3.52. The molecule has 30 heavy (non-hydrogen) atoms. The van der Waals surface area contributed by atoms with Crippen molar-refractivity contribution in [3.63, 3.8) is 0 Å². The molecule has 3 aliphatic rings. The monoisotopic (exact) mass is 414 g/mol. The molecule has 0 saturated carbocycles. The molecule has 0 spiro atoms. The van der Waals surface area contributed by atoms with Gasteiger partial charge >= 0.3 is 0 Å². The number of ether oxygens (including phenoxy) is 1. The summed E-state index contributed by atoms with van der Waals surface area (Å²) in [5.41, 5.74) is 3.84. The van der Waals surface area contributed by atoms with Crippen molar-refractivity contribution in [2.45, 2.75) is 18.9 Å². The lowest BCUT2D eigenvalue weighted by Gasteiger charge is -2.44. The predicted molar refractivity (Wildman–Crippen MR) is 121 cm³/mol. The van der Waals surface area contributed by atoms with E-state index in [-0.39, 0.29) is 0 Å². The zero-order valence-electron chi connectivity index (χ0n) is 16.7. The highest BCUT2D eigenvalue weighted by atomic mass is 35.5. The number of aromatic nitrogens is 1. The first kappa shape index (κ1) is 19.2. The first-order chi connectivity index (χ1) is 14.7. The molecule has 4 heterocycles. The predicted octanol–water partition coefficient (Wildman–Crippen LogP) is 5.27. The van der Waals surface area contributed by atoms with Gasteiger partial charge in [0.15, 0.2) is 0 Å². The summed E-state index contributed by atoms with van der Waals surface area (Å²) in [5.74, 6) is 7.97. The molecular formula is C26H23ClN2O. The fourth-order valence-corrected chi connectivity index (χ4v) is 4.38. The van der Waals surface area contributed by atoms with E-state index in [1.807, 2.05) is 66.9 Å². The second-order valence-corrected chi connectivity index (χ2v) is 8.44. The third-order valence-electron chi connectivity index (χ3n) is 6.01. The molecule has 3 aliphatic heterocycles. The smallest absolute Gasteiger partial charge is 0.119 e. The van der Waals surface area contributed by atoms with Gasteiger partial charge in [-0.05, 0) is 85.8 Å². The molecule has 0 N–H and O–H groups in total. The Balaban J connectivity index is 1.23. The molecule has 150 valence electrons. The maximum Gasteiger partial charge on any atom is 0.119 e. The number of fused-ring (bicyclic) bond motifs is 3. The molecule has 1 aromatic heterocycles. The zero-order valence-corrected chi connectivity index (χ0v) is 17.5. The van der Waals surface area contributed by atoms with Crippen molar-refractivity contribution < 1.29 is 4.74 Å². The summed E-state index contributed by atoms with van der Waals surface area (Å²) >= 11 is 5.95. The van der Waals surface area contributed by atoms with E-state index in [4.69, 9.17) is 16.3 Å². The molecule has 0 unspecified atom stereocenters. The Morgan fingerprint density at radius 2 is 1.60 bits per heavy atom. The average molecular weight is 415 g/mol. The van der Waals surface area contributed by atoms with Crippen molar-refractivity contribution in [2.24, 2.45) is 5.92 Å². The summed E-state index contributed by atoms with van der Waals surface area (Å²) in [4.78, 5) is 6.98. The standard InChI is InChI=1S/C26H23ClN2O/c27-23-7-4-20(5-8-23)22-6-10-24(28-17-22)9-1-19-2-11-25(12-3-19)30-26-18-29-15-13-21(26)14-16-29/h2-8,10-12,17,21,26H,13-16,18H2/t26-/m1/s1. The Hall–Kier alpha value is -2.80. The molecule has 2 bridgehead atoms. The molecule has 3 saturated heterocycles. The highest BCUT2D eigenvalue weighted by Crippen LogP contribution is 2.30. The SMILES string of the molecule is Clc1ccc(-c2ccc(C#Cc3ccc(O[C@@H]4CN5CCC4CC5)cc3)nc2)cc1. The van der Waals surface area contributed by atoms with Gasteiger partial charge in [0.05, 0.1) is 0 Å². The van der Waals surface area contributed by atoms with Gasteiger partial charge in [0.25, 0.3) is 0 Å². The largest absolute Gasteiger partial charge is 0.489 e. The molecule has 0 radical (unpaired) electrons. The van der Waals surface area contributed by atoms with Gasteiger partial charge in [0.2, 0.25) is 0 Å². The van der Waals surface area contributed by atoms with Crippen molar-refractivity contribution in [1.82, 2.24) is 9.88 Å². The van der Waals surface area contributed by atoms with E-state index in [0.29, 0.717) is 12.0 Å². The third kappa shape index (κ3) is 4.36. The van der Waals surface area contributed by atoms with Crippen LogP contribution in [-0.4, -0.2) is 35.6 Å². The summed E-state index contributed by atoms with van der Waals surface area (Å²) in [6.07, 6.45) is 4.70. The van der Waals surface area contributed by atoms with Crippen LogP contribution in [0, 0.1) is 17.8 Å². The van der Waals surface area contributed by atoms with Crippen LogP contribution in [0.2, 0.25) is 5.02 Å². The molecule has 3 nitrogen and oxygen atoms in total. The number of hydrogen-bond acceptors (Lipinski definition) is 3. The van der Waals surface area contributed by atoms with Crippen molar-refractivity contribution in [1.29, 1.82) is 0 Å². The van der Waals surface area contributed by atoms with Gasteiger partial charge < -0.3 is 4.74 Å². The van der Waals surface area contributed by atoms with Crippen LogP contribution in [0.15, 0.2) is 66.9 Å². The minimum Gasteiger partial charge on any atom is -0.489 e. The van der Waals surface area contributed by atoms with Crippen molar-refractivity contribution in [3.8, 4) is 28.7 Å². The molecule has 1 atom stereocenters. The topological polar surface area (TPSA) is 25.4 Å². The second kappa shape index (κ2) is 8.52. The minimum absolute atomic E-state index is 0.327. The summed E-state index contributed by atoms with van der Waals surface area (Å²) in [7, 11) is 0. The maximum absolute atomic E-state index is 6.26. The molecule has 0 aliphatic carbocycles. The number of halogens is 1.